The maximum Gasteiger partial charge on any atom is 0.339 e. The van der Waals surface area contributed by atoms with E-state index in [9.17, 15) is 4.79 Å². The molecule has 0 radical (unpaired) electrons. The topological polar surface area (TPSA) is 61.5 Å². The predicted molar refractivity (Wildman–Crippen MR) is 58.4 cm³/mol. The van der Waals surface area contributed by atoms with Crippen LogP contribution in [0, 0.1) is 0 Å². The highest BCUT2D eigenvalue weighted by Crippen LogP contribution is 2.32. The van der Waals surface area contributed by atoms with Gasteiger partial charge in [-0.3, -0.25) is 0 Å². The van der Waals surface area contributed by atoms with Gasteiger partial charge in [0.2, 0.25) is 0 Å². The minimum atomic E-state index is -0.489. The lowest BCUT2D eigenvalue weighted by atomic mass is 10.2. The average molecular weight is 230 g/mol. The average Bonchev–Trinajstić information content (AvgIpc) is 2.22. The Morgan fingerprint density at radius 2 is 2.20 bits per heavy atom. The van der Waals surface area contributed by atoms with E-state index in [2.05, 4.69) is 0 Å². The van der Waals surface area contributed by atoms with Crippen molar-refractivity contribution >= 4 is 23.3 Å². The maximum absolute atomic E-state index is 11.4. The lowest BCUT2D eigenvalue weighted by Crippen LogP contribution is -2.07. The minimum Gasteiger partial charge on any atom is -0.495 e. The van der Waals surface area contributed by atoms with Crippen LogP contribution in [0.5, 0.6) is 5.75 Å². The third-order valence-corrected chi connectivity index (χ3v) is 2.26. The molecule has 0 fully saturated rings. The lowest BCUT2D eigenvalue weighted by molar-refractivity contribution is 0.0526. The first-order valence-corrected chi connectivity index (χ1v) is 4.78. The fraction of sp³-hybridized carbons (Fsp3) is 0.300. The Morgan fingerprint density at radius 1 is 1.53 bits per heavy atom. The minimum absolute atomic E-state index is 0.160. The molecule has 0 aromatic heterocycles. The molecule has 0 aliphatic heterocycles. The highest BCUT2D eigenvalue weighted by atomic mass is 35.5. The van der Waals surface area contributed by atoms with Gasteiger partial charge in [0, 0.05) is 0 Å². The normalized spacial score (nSPS) is 9.80. The van der Waals surface area contributed by atoms with Gasteiger partial charge >= 0.3 is 5.97 Å². The molecule has 0 spiro atoms. The van der Waals surface area contributed by atoms with E-state index in [-0.39, 0.29) is 16.3 Å². The third-order valence-electron chi connectivity index (χ3n) is 1.86. The Labute approximate surface area is 92.9 Å². The standard InChI is InChI=1S/C10H12ClNO3/c1-3-15-10(13)6-4-5-7(14-2)9(12)8(6)11/h4-5H,3,12H2,1-2H3. The quantitative estimate of drug-likeness (QED) is 0.637. The van der Waals surface area contributed by atoms with E-state index >= 15 is 0 Å². The largest absolute Gasteiger partial charge is 0.495 e. The zero-order valence-corrected chi connectivity index (χ0v) is 9.30. The van der Waals surface area contributed by atoms with Crippen LogP contribution in [0.3, 0.4) is 0 Å². The van der Waals surface area contributed by atoms with Gasteiger partial charge < -0.3 is 15.2 Å². The monoisotopic (exact) mass is 229 g/mol. The van der Waals surface area contributed by atoms with Crippen LogP contribution < -0.4 is 10.5 Å². The van der Waals surface area contributed by atoms with E-state index in [1.54, 1.807) is 13.0 Å². The molecule has 0 saturated carbocycles. The van der Waals surface area contributed by atoms with Gasteiger partial charge in [-0.25, -0.2) is 4.79 Å². The summed E-state index contributed by atoms with van der Waals surface area (Å²) in [5.74, 6) is -0.0510. The molecule has 1 aromatic rings. The number of hydrogen-bond acceptors (Lipinski definition) is 4. The molecule has 0 atom stereocenters. The second-order valence-corrected chi connectivity index (χ2v) is 3.14. The van der Waals surface area contributed by atoms with Crippen LogP contribution in [0.2, 0.25) is 5.02 Å². The van der Waals surface area contributed by atoms with Gasteiger partial charge in [0.15, 0.2) is 0 Å². The van der Waals surface area contributed by atoms with Crippen LogP contribution in [0.1, 0.15) is 17.3 Å². The number of carbonyl (C=O) groups excluding carboxylic acids is 1. The molecule has 0 saturated heterocycles. The van der Waals surface area contributed by atoms with E-state index in [0.717, 1.165) is 0 Å². The van der Waals surface area contributed by atoms with Crippen LogP contribution >= 0.6 is 11.6 Å². The van der Waals surface area contributed by atoms with Crippen molar-refractivity contribution < 1.29 is 14.3 Å². The summed E-state index contributed by atoms with van der Waals surface area (Å²) in [6.07, 6.45) is 0. The molecule has 1 rings (SSSR count). The number of nitrogen functional groups attached to an aromatic ring is 1. The van der Waals surface area contributed by atoms with Gasteiger partial charge in [-0.1, -0.05) is 11.6 Å². The molecule has 0 amide bonds. The molecule has 2 N–H and O–H groups in total. The fourth-order valence-corrected chi connectivity index (χ4v) is 1.35. The second kappa shape index (κ2) is 4.89. The molecule has 0 unspecified atom stereocenters. The van der Waals surface area contributed by atoms with Crippen molar-refractivity contribution in [1.29, 1.82) is 0 Å². The Balaban J connectivity index is 3.11. The van der Waals surface area contributed by atoms with Gasteiger partial charge in [-0.15, -0.1) is 0 Å². The van der Waals surface area contributed by atoms with Gasteiger partial charge in [-0.2, -0.15) is 0 Å². The van der Waals surface area contributed by atoms with E-state index in [4.69, 9.17) is 26.8 Å². The number of nitrogens with two attached hydrogens (primary N) is 1. The Morgan fingerprint density at radius 3 is 2.73 bits per heavy atom. The summed E-state index contributed by atoms with van der Waals surface area (Å²) < 4.78 is 9.78. The first-order valence-electron chi connectivity index (χ1n) is 4.40. The second-order valence-electron chi connectivity index (χ2n) is 2.76. The first kappa shape index (κ1) is 11.7. The molecular weight excluding hydrogens is 218 g/mol. The van der Waals surface area contributed by atoms with Crippen LogP contribution in [0.15, 0.2) is 12.1 Å². The predicted octanol–water partition coefficient (Wildman–Crippen LogP) is 2.11. The van der Waals surface area contributed by atoms with Crippen molar-refractivity contribution in [1.82, 2.24) is 0 Å². The van der Waals surface area contributed by atoms with E-state index in [0.29, 0.717) is 12.4 Å². The Bertz CT molecular complexity index is 379. The molecule has 0 aliphatic carbocycles. The summed E-state index contributed by atoms with van der Waals surface area (Å²) >= 11 is 5.90. The molecule has 5 heteroatoms. The summed E-state index contributed by atoms with van der Waals surface area (Å²) in [5.41, 5.74) is 6.15. The van der Waals surface area contributed by atoms with Crippen molar-refractivity contribution in [2.24, 2.45) is 0 Å². The number of ether oxygens (including phenoxy) is 2. The smallest absolute Gasteiger partial charge is 0.339 e. The fourth-order valence-electron chi connectivity index (χ4n) is 1.12. The van der Waals surface area contributed by atoms with Crippen molar-refractivity contribution in [2.45, 2.75) is 6.92 Å². The lowest BCUT2D eigenvalue weighted by Gasteiger charge is -2.09. The summed E-state index contributed by atoms with van der Waals surface area (Å²) in [4.78, 5) is 11.4. The first-order chi connectivity index (χ1) is 7.11. The maximum atomic E-state index is 11.4. The Hall–Kier alpha value is -1.42. The van der Waals surface area contributed by atoms with Crippen LogP contribution in [0.25, 0.3) is 0 Å². The van der Waals surface area contributed by atoms with Crippen molar-refractivity contribution in [2.75, 3.05) is 19.5 Å². The zero-order chi connectivity index (χ0) is 11.4. The van der Waals surface area contributed by atoms with Crippen molar-refractivity contribution in [3.8, 4) is 5.75 Å². The molecule has 15 heavy (non-hydrogen) atoms. The number of esters is 1. The summed E-state index contributed by atoms with van der Waals surface area (Å²) in [7, 11) is 1.48. The van der Waals surface area contributed by atoms with Crippen molar-refractivity contribution in [3.63, 3.8) is 0 Å². The highest BCUT2D eigenvalue weighted by Gasteiger charge is 2.16. The molecule has 0 bridgehead atoms. The van der Waals surface area contributed by atoms with Gasteiger partial charge in [0.05, 0.1) is 30.0 Å². The molecule has 0 heterocycles. The molecule has 0 aliphatic rings. The highest BCUT2D eigenvalue weighted by molar-refractivity contribution is 6.36. The molecule has 4 nitrogen and oxygen atoms in total. The van der Waals surface area contributed by atoms with Gasteiger partial charge in [0.25, 0.3) is 0 Å². The number of benzene rings is 1. The summed E-state index contributed by atoms with van der Waals surface area (Å²) in [6.45, 7) is 2.01. The van der Waals surface area contributed by atoms with E-state index in [1.165, 1.54) is 13.2 Å². The number of anilines is 1. The molecule has 82 valence electrons. The third kappa shape index (κ3) is 2.33. The van der Waals surface area contributed by atoms with E-state index < -0.39 is 5.97 Å². The number of hydrogen-bond donors (Lipinski definition) is 1. The zero-order valence-electron chi connectivity index (χ0n) is 8.54. The van der Waals surface area contributed by atoms with Crippen LogP contribution in [0.4, 0.5) is 5.69 Å². The van der Waals surface area contributed by atoms with E-state index in [1.807, 2.05) is 0 Å². The number of rotatable bonds is 3. The summed E-state index contributed by atoms with van der Waals surface area (Å²) in [5, 5.41) is 0.160. The Kier molecular flexibility index (Phi) is 3.80. The molecular formula is C10H12ClNO3. The molecule has 1 aromatic carbocycles. The number of halogens is 1. The van der Waals surface area contributed by atoms with Crippen molar-refractivity contribution in [3.05, 3.63) is 22.7 Å². The van der Waals surface area contributed by atoms with Crippen LogP contribution in [-0.4, -0.2) is 19.7 Å². The van der Waals surface area contributed by atoms with Crippen LogP contribution in [-0.2, 0) is 4.74 Å². The van der Waals surface area contributed by atoms with Gasteiger partial charge in [-0.05, 0) is 19.1 Å². The van der Waals surface area contributed by atoms with Gasteiger partial charge in [0.1, 0.15) is 5.75 Å². The number of methoxy groups -OCH3 is 1. The number of carbonyl (C=O) groups is 1. The SMILES string of the molecule is CCOC(=O)c1ccc(OC)c(N)c1Cl. The summed E-state index contributed by atoms with van der Waals surface area (Å²) in [6, 6.07) is 3.10.